The summed E-state index contributed by atoms with van der Waals surface area (Å²) in [5.41, 5.74) is 1.04. The summed E-state index contributed by atoms with van der Waals surface area (Å²) in [6.07, 6.45) is 2.88. The molecule has 2 rings (SSSR count). The van der Waals surface area contributed by atoms with Gasteiger partial charge in [-0.15, -0.1) is 0 Å². The maximum Gasteiger partial charge on any atom is 0.422 e. The van der Waals surface area contributed by atoms with E-state index in [4.69, 9.17) is 4.18 Å². The smallest absolute Gasteiger partial charge is 0.335 e. The van der Waals surface area contributed by atoms with Crippen molar-refractivity contribution in [1.82, 2.24) is 15.5 Å². The number of carbonyl (C=O) groups excluding carboxylic acids is 2. The first kappa shape index (κ1) is 24.0. The Morgan fingerprint density at radius 1 is 1.17 bits per heavy atom. The number of hydrogen-bond donors (Lipinski definition) is 2. The summed E-state index contributed by atoms with van der Waals surface area (Å²) < 4.78 is 29.6. The van der Waals surface area contributed by atoms with E-state index < -0.39 is 21.5 Å². The molecule has 2 N–H and O–H groups in total. The number of rotatable bonds is 9. The average molecular weight is 440 g/mol. The number of amides is 3. The molecule has 1 fully saturated rings. The van der Waals surface area contributed by atoms with Crippen LogP contribution < -0.4 is 10.6 Å². The van der Waals surface area contributed by atoms with E-state index in [2.05, 4.69) is 17.6 Å². The van der Waals surface area contributed by atoms with Crippen LogP contribution in [0.1, 0.15) is 51.5 Å². The first-order chi connectivity index (χ1) is 14.4. The molecule has 9 heteroatoms. The Morgan fingerprint density at radius 3 is 2.43 bits per heavy atom. The molecule has 1 aliphatic rings. The molecule has 30 heavy (non-hydrogen) atoms. The van der Waals surface area contributed by atoms with Gasteiger partial charge in [0.25, 0.3) is 0 Å². The fraction of sp³-hybridized carbons (Fsp3) is 0.619. The molecule has 1 saturated heterocycles. The molecule has 0 aromatic heterocycles. The van der Waals surface area contributed by atoms with E-state index in [1.165, 1.54) is 0 Å². The quantitative estimate of drug-likeness (QED) is 0.576. The second-order valence-corrected chi connectivity index (χ2v) is 9.37. The molecule has 168 valence electrons. The molecule has 1 heterocycles. The zero-order valence-corrected chi connectivity index (χ0v) is 18.6. The van der Waals surface area contributed by atoms with E-state index >= 15 is 0 Å². The molecule has 1 aliphatic heterocycles. The molecule has 0 aliphatic carbocycles. The normalized spacial score (nSPS) is 16.0. The van der Waals surface area contributed by atoms with Crippen LogP contribution in [0.2, 0.25) is 0 Å². The number of urea groups is 1. The van der Waals surface area contributed by atoms with Gasteiger partial charge in [-0.3, -0.25) is 0 Å². The average Bonchev–Trinajstić information content (AvgIpc) is 2.74. The van der Waals surface area contributed by atoms with E-state index in [1.807, 2.05) is 37.3 Å². The van der Waals surface area contributed by atoms with Crippen molar-refractivity contribution in [3.05, 3.63) is 35.9 Å². The van der Waals surface area contributed by atoms with Gasteiger partial charge in [0.1, 0.15) is 5.25 Å². The van der Waals surface area contributed by atoms with Crippen molar-refractivity contribution in [1.29, 1.82) is 0 Å². The van der Waals surface area contributed by atoms with Crippen molar-refractivity contribution >= 4 is 22.2 Å². The van der Waals surface area contributed by atoms with Crippen LogP contribution in [0.4, 0.5) is 9.59 Å². The van der Waals surface area contributed by atoms with Crippen LogP contribution in [0, 0.1) is 0 Å². The van der Waals surface area contributed by atoms with Gasteiger partial charge in [-0.1, -0.05) is 50.6 Å². The highest BCUT2D eigenvalue weighted by Gasteiger charge is 2.34. The summed E-state index contributed by atoms with van der Waals surface area (Å²) in [6, 6.07) is 9.53. The van der Waals surface area contributed by atoms with Crippen molar-refractivity contribution in [3.63, 3.8) is 0 Å². The highest BCUT2D eigenvalue weighted by molar-refractivity contribution is 7.87. The first-order valence-corrected chi connectivity index (χ1v) is 12.1. The Labute approximate surface area is 179 Å². The van der Waals surface area contributed by atoms with Gasteiger partial charge in [0.15, 0.2) is 0 Å². The van der Waals surface area contributed by atoms with Crippen LogP contribution >= 0.6 is 0 Å². The summed E-state index contributed by atoms with van der Waals surface area (Å²) in [7, 11) is -4.03. The van der Waals surface area contributed by atoms with Crippen LogP contribution in [0.3, 0.4) is 0 Å². The minimum Gasteiger partial charge on any atom is -0.335 e. The third-order valence-electron chi connectivity index (χ3n) is 5.31. The van der Waals surface area contributed by atoms with E-state index in [1.54, 1.807) is 4.90 Å². The Hall–Kier alpha value is -2.29. The van der Waals surface area contributed by atoms with Crippen LogP contribution in [0.15, 0.2) is 30.3 Å². The van der Waals surface area contributed by atoms with Gasteiger partial charge in [-0.05, 0) is 37.7 Å². The highest BCUT2D eigenvalue weighted by atomic mass is 32.2. The van der Waals surface area contributed by atoms with Crippen LogP contribution in [-0.2, 0) is 20.7 Å². The Morgan fingerprint density at radius 2 is 1.83 bits per heavy atom. The van der Waals surface area contributed by atoms with Gasteiger partial charge in [0, 0.05) is 25.7 Å². The standard InChI is InChI=1S/C21H33N3O5S/c1-3-8-18(4-2)23-20(25)24-15-12-19(13-16-24)30(27,28)29-21(26)22-14-11-17-9-6-5-7-10-17/h5-7,9-10,18-19H,3-4,8,11-16H2,1-2H3,(H,22,26)(H,23,25). The van der Waals surface area contributed by atoms with Crippen LogP contribution in [0.25, 0.3) is 0 Å². The maximum atomic E-state index is 12.4. The molecule has 1 unspecified atom stereocenters. The summed E-state index contributed by atoms with van der Waals surface area (Å²) >= 11 is 0. The number of likely N-dealkylation sites (tertiary alicyclic amines) is 1. The van der Waals surface area contributed by atoms with Crippen LogP contribution in [-0.4, -0.2) is 56.4 Å². The van der Waals surface area contributed by atoms with E-state index in [9.17, 15) is 18.0 Å². The van der Waals surface area contributed by atoms with Crippen molar-refractivity contribution in [2.24, 2.45) is 0 Å². The molecule has 3 amide bonds. The number of benzene rings is 1. The zero-order chi connectivity index (χ0) is 22.0. The van der Waals surface area contributed by atoms with Crippen molar-refractivity contribution < 1.29 is 22.2 Å². The lowest BCUT2D eigenvalue weighted by molar-refractivity contribution is 0.178. The second kappa shape index (κ2) is 11.8. The predicted molar refractivity (Wildman–Crippen MR) is 116 cm³/mol. The summed E-state index contributed by atoms with van der Waals surface area (Å²) in [5.74, 6) is 0. The largest absolute Gasteiger partial charge is 0.422 e. The monoisotopic (exact) mass is 439 g/mol. The zero-order valence-electron chi connectivity index (χ0n) is 17.8. The van der Waals surface area contributed by atoms with Crippen molar-refractivity contribution in [2.75, 3.05) is 19.6 Å². The van der Waals surface area contributed by atoms with Gasteiger partial charge in [0.2, 0.25) is 0 Å². The molecule has 0 spiro atoms. The number of nitrogens with one attached hydrogen (secondary N) is 2. The molecule has 0 bridgehead atoms. The molecule has 1 aromatic carbocycles. The fourth-order valence-corrected chi connectivity index (χ4v) is 4.69. The van der Waals surface area contributed by atoms with Crippen molar-refractivity contribution in [2.45, 2.75) is 63.7 Å². The summed E-state index contributed by atoms with van der Waals surface area (Å²) in [4.78, 5) is 25.9. The lowest BCUT2D eigenvalue weighted by atomic mass is 10.1. The van der Waals surface area contributed by atoms with Gasteiger partial charge in [-0.25, -0.2) is 9.59 Å². The maximum absolute atomic E-state index is 12.4. The van der Waals surface area contributed by atoms with Gasteiger partial charge in [-0.2, -0.15) is 8.42 Å². The highest BCUT2D eigenvalue weighted by Crippen LogP contribution is 2.20. The van der Waals surface area contributed by atoms with E-state index in [-0.39, 0.29) is 31.5 Å². The molecular formula is C21H33N3O5S. The topological polar surface area (TPSA) is 105 Å². The van der Waals surface area contributed by atoms with Crippen LogP contribution in [0.5, 0.6) is 0 Å². The molecular weight excluding hydrogens is 406 g/mol. The molecule has 0 saturated carbocycles. The summed E-state index contributed by atoms with van der Waals surface area (Å²) in [5, 5.41) is 4.69. The molecule has 8 nitrogen and oxygen atoms in total. The van der Waals surface area contributed by atoms with Gasteiger partial charge in [0.05, 0.1) is 0 Å². The minimum atomic E-state index is -4.03. The molecule has 1 aromatic rings. The lowest BCUT2D eigenvalue weighted by Crippen LogP contribution is -2.49. The summed E-state index contributed by atoms with van der Waals surface area (Å²) in [6.45, 7) is 5.02. The third kappa shape index (κ3) is 7.51. The molecule has 1 atom stereocenters. The Balaban J connectivity index is 1.75. The fourth-order valence-electron chi connectivity index (χ4n) is 3.50. The minimum absolute atomic E-state index is 0.131. The van der Waals surface area contributed by atoms with Gasteiger partial charge < -0.3 is 19.7 Å². The van der Waals surface area contributed by atoms with E-state index in [0.717, 1.165) is 24.8 Å². The number of carbonyl (C=O) groups is 2. The second-order valence-electron chi connectivity index (χ2n) is 7.56. The Bertz CT molecular complexity index is 777. The number of hydrogen-bond acceptors (Lipinski definition) is 5. The van der Waals surface area contributed by atoms with Gasteiger partial charge >= 0.3 is 22.2 Å². The number of piperidine rings is 1. The molecule has 0 radical (unpaired) electrons. The predicted octanol–water partition coefficient (Wildman–Crippen LogP) is 3.04. The number of nitrogens with zero attached hydrogens (tertiary/aromatic N) is 1. The first-order valence-electron chi connectivity index (χ1n) is 10.7. The van der Waals surface area contributed by atoms with E-state index in [0.29, 0.717) is 19.5 Å². The Kier molecular flexibility index (Phi) is 9.42. The lowest BCUT2D eigenvalue weighted by Gasteiger charge is -2.32. The SMILES string of the molecule is CCCC(CC)NC(=O)N1CCC(S(=O)(=O)OC(=O)NCCc2ccccc2)CC1. The van der Waals surface area contributed by atoms with Crippen molar-refractivity contribution in [3.8, 4) is 0 Å². The third-order valence-corrected chi connectivity index (χ3v) is 6.98.